The number of amides is 1. The second-order valence-electron chi connectivity index (χ2n) is 6.33. The molecule has 7 heteroatoms. The Hall–Kier alpha value is -3.74. The molecule has 0 aliphatic heterocycles. The molecule has 1 amide bonds. The highest BCUT2D eigenvalue weighted by atomic mass is 16.5. The smallest absolute Gasteiger partial charge is 0.337 e. The number of benzene rings is 2. The molecule has 0 fully saturated rings. The molecule has 1 aromatic heterocycles. The molecule has 0 saturated heterocycles. The number of ether oxygens (including phenoxy) is 1. The van der Waals surface area contributed by atoms with Crippen molar-refractivity contribution in [2.24, 2.45) is 0 Å². The van der Waals surface area contributed by atoms with Gasteiger partial charge in [0, 0.05) is 12.2 Å². The molecular formula is C22H22N4O3. The SMILES string of the molecule is COC(=O)c1cccc(Nc2cnc(C(=O)NCCCc3ccccc3)cn2)c1. The number of anilines is 2. The summed E-state index contributed by atoms with van der Waals surface area (Å²) >= 11 is 0. The molecule has 0 saturated carbocycles. The molecule has 3 aromatic rings. The Morgan fingerprint density at radius 1 is 1.00 bits per heavy atom. The standard InChI is InChI=1S/C22H22N4O3/c1-29-22(28)17-10-5-11-18(13-17)26-20-15-24-19(14-25-20)21(27)23-12-6-9-16-7-3-2-4-8-16/h2-5,7-8,10-11,13-15H,6,9,12H2,1H3,(H,23,27)(H,25,26). The summed E-state index contributed by atoms with van der Waals surface area (Å²) in [7, 11) is 1.33. The largest absolute Gasteiger partial charge is 0.465 e. The lowest BCUT2D eigenvalue weighted by Crippen LogP contribution is -2.25. The first-order valence-electron chi connectivity index (χ1n) is 9.25. The van der Waals surface area contributed by atoms with E-state index in [2.05, 4.69) is 32.7 Å². The van der Waals surface area contributed by atoms with E-state index >= 15 is 0 Å². The maximum atomic E-state index is 12.2. The minimum atomic E-state index is -0.418. The van der Waals surface area contributed by atoms with Crippen LogP contribution in [0, 0.1) is 0 Å². The molecule has 2 aromatic carbocycles. The number of rotatable bonds is 8. The highest BCUT2D eigenvalue weighted by molar-refractivity contribution is 5.92. The Balaban J connectivity index is 1.50. The van der Waals surface area contributed by atoms with Gasteiger partial charge in [0.2, 0.25) is 0 Å². The first-order valence-corrected chi connectivity index (χ1v) is 9.25. The summed E-state index contributed by atoms with van der Waals surface area (Å²) in [6.45, 7) is 0.565. The van der Waals surface area contributed by atoms with Crippen LogP contribution in [0.1, 0.15) is 32.8 Å². The highest BCUT2D eigenvalue weighted by Crippen LogP contribution is 2.16. The number of hydrogen-bond donors (Lipinski definition) is 2. The van der Waals surface area contributed by atoms with E-state index in [1.165, 1.54) is 25.1 Å². The minimum Gasteiger partial charge on any atom is -0.465 e. The molecule has 0 unspecified atom stereocenters. The third kappa shape index (κ3) is 5.87. The number of hydrogen-bond acceptors (Lipinski definition) is 6. The quantitative estimate of drug-likeness (QED) is 0.452. The third-order valence-corrected chi connectivity index (χ3v) is 4.21. The van der Waals surface area contributed by atoms with Crippen LogP contribution in [-0.4, -0.2) is 35.5 Å². The van der Waals surface area contributed by atoms with Crippen molar-refractivity contribution in [3.05, 3.63) is 83.8 Å². The van der Waals surface area contributed by atoms with E-state index in [1.807, 2.05) is 18.2 Å². The Morgan fingerprint density at radius 3 is 2.55 bits per heavy atom. The Kier molecular flexibility index (Phi) is 6.89. The molecule has 0 aliphatic carbocycles. The van der Waals surface area contributed by atoms with Gasteiger partial charge in [-0.05, 0) is 36.6 Å². The Morgan fingerprint density at radius 2 is 1.83 bits per heavy atom. The van der Waals surface area contributed by atoms with Crippen LogP contribution in [0.5, 0.6) is 0 Å². The Labute approximate surface area is 169 Å². The number of methoxy groups -OCH3 is 1. The highest BCUT2D eigenvalue weighted by Gasteiger charge is 2.09. The summed E-state index contributed by atoms with van der Waals surface area (Å²) in [6, 6.07) is 17.0. The van der Waals surface area contributed by atoms with Gasteiger partial charge < -0.3 is 15.4 Å². The lowest BCUT2D eigenvalue weighted by molar-refractivity contribution is 0.0600. The number of nitrogens with zero attached hydrogens (tertiary/aromatic N) is 2. The van der Waals surface area contributed by atoms with Gasteiger partial charge in [-0.1, -0.05) is 36.4 Å². The second-order valence-corrected chi connectivity index (χ2v) is 6.33. The number of nitrogens with one attached hydrogen (secondary N) is 2. The van der Waals surface area contributed by atoms with Gasteiger partial charge in [0.1, 0.15) is 11.5 Å². The zero-order valence-electron chi connectivity index (χ0n) is 16.1. The van der Waals surface area contributed by atoms with Crippen LogP contribution < -0.4 is 10.6 Å². The number of carbonyl (C=O) groups is 2. The summed E-state index contributed by atoms with van der Waals surface area (Å²) in [5.74, 6) is -0.212. The molecule has 3 rings (SSSR count). The molecule has 7 nitrogen and oxygen atoms in total. The molecule has 0 radical (unpaired) electrons. The predicted octanol–water partition coefficient (Wildman–Crippen LogP) is 3.37. The Bertz CT molecular complexity index is 959. The van der Waals surface area contributed by atoms with Gasteiger partial charge in [0.25, 0.3) is 5.91 Å². The van der Waals surface area contributed by atoms with Gasteiger partial charge >= 0.3 is 5.97 Å². The van der Waals surface area contributed by atoms with Gasteiger partial charge in [-0.3, -0.25) is 4.79 Å². The average Bonchev–Trinajstić information content (AvgIpc) is 2.77. The normalized spacial score (nSPS) is 10.2. The lowest BCUT2D eigenvalue weighted by Gasteiger charge is -2.08. The van der Waals surface area contributed by atoms with Crippen LogP contribution in [0.25, 0.3) is 0 Å². The fraction of sp³-hybridized carbons (Fsp3) is 0.182. The van der Waals surface area contributed by atoms with E-state index in [4.69, 9.17) is 4.74 Å². The van der Waals surface area contributed by atoms with Crippen LogP contribution in [0.3, 0.4) is 0 Å². The zero-order valence-corrected chi connectivity index (χ0v) is 16.1. The van der Waals surface area contributed by atoms with Crippen molar-refractivity contribution < 1.29 is 14.3 Å². The van der Waals surface area contributed by atoms with Crippen LogP contribution in [0.2, 0.25) is 0 Å². The lowest BCUT2D eigenvalue weighted by atomic mass is 10.1. The van der Waals surface area contributed by atoms with Gasteiger partial charge in [0.05, 0.1) is 25.1 Å². The molecule has 1 heterocycles. The summed E-state index contributed by atoms with van der Waals surface area (Å²) < 4.78 is 4.71. The van der Waals surface area contributed by atoms with Crippen molar-refractivity contribution in [1.29, 1.82) is 0 Å². The van der Waals surface area contributed by atoms with Crippen LogP contribution in [-0.2, 0) is 11.2 Å². The van der Waals surface area contributed by atoms with Gasteiger partial charge in [-0.2, -0.15) is 0 Å². The summed E-state index contributed by atoms with van der Waals surface area (Å²) in [4.78, 5) is 32.2. The molecular weight excluding hydrogens is 368 g/mol. The molecule has 0 aliphatic rings. The van der Waals surface area contributed by atoms with E-state index in [9.17, 15) is 9.59 Å². The fourth-order valence-corrected chi connectivity index (χ4v) is 2.73. The van der Waals surface area contributed by atoms with Crippen LogP contribution >= 0.6 is 0 Å². The number of aromatic nitrogens is 2. The van der Waals surface area contributed by atoms with Gasteiger partial charge in [0.15, 0.2) is 0 Å². The third-order valence-electron chi connectivity index (χ3n) is 4.21. The van der Waals surface area contributed by atoms with E-state index in [-0.39, 0.29) is 11.6 Å². The molecule has 2 N–H and O–H groups in total. The summed E-state index contributed by atoms with van der Waals surface area (Å²) in [6.07, 6.45) is 4.64. The predicted molar refractivity (Wildman–Crippen MR) is 110 cm³/mol. The van der Waals surface area contributed by atoms with Gasteiger partial charge in [-0.15, -0.1) is 0 Å². The van der Waals surface area contributed by atoms with Crippen molar-refractivity contribution >= 4 is 23.4 Å². The fourth-order valence-electron chi connectivity index (χ4n) is 2.73. The molecule has 0 bridgehead atoms. The molecule has 0 atom stereocenters. The minimum absolute atomic E-state index is 0.249. The second kappa shape index (κ2) is 9.98. The van der Waals surface area contributed by atoms with Crippen molar-refractivity contribution in [2.45, 2.75) is 12.8 Å². The summed E-state index contributed by atoms with van der Waals surface area (Å²) in [5.41, 5.74) is 2.59. The maximum Gasteiger partial charge on any atom is 0.337 e. The monoisotopic (exact) mass is 390 g/mol. The summed E-state index contributed by atoms with van der Waals surface area (Å²) in [5, 5.41) is 5.90. The van der Waals surface area contributed by atoms with Gasteiger partial charge in [-0.25, -0.2) is 14.8 Å². The van der Waals surface area contributed by atoms with Crippen molar-refractivity contribution in [2.75, 3.05) is 19.0 Å². The van der Waals surface area contributed by atoms with Crippen molar-refractivity contribution in [1.82, 2.24) is 15.3 Å². The van der Waals surface area contributed by atoms with E-state index in [0.29, 0.717) is 23.6 Å². The molecule has 148 valence electrons. The first-order chi connectivity index (χ1) is 14.2. The van der Waals surface area contributed by atoms with Crippen molar-refractivity contribution in [3.63, 3.8) is 0 Å². The van der Waals surface area contributed by atoms with E-state index < -0.39 is 5.97 Å². The zero-order chi connectivity index (χ0) is 20.5. The molecule has 0 spiro atoms. The van der Waals surface area contributed by atoms with Crippen LogP contribution in [0.15, 0.2) is 67.0 Å². The number of esters is 1. The topological polar surface area (TPSA) is 93.2 Å². The average molecular weight is 390 g/mol. The maximum absolute atomic E-state index is 12.2. The number of aryl methyl sites for hydroxylation is 1. The van der Waals surface area contributed by atoms with Crippen LogP contribution in [0.4, 0.5) is 11.5 Å². The van der Waals surface area contributed by atoms with Crippen molar-refractivity contribution in [3.8, 4) is 0 Å². The number of carbonyl (C=O) groups excluding carboxylic acids is 2. The van der Waals surface area contributed by atoms with E-state index in [1.54, 1.807) is 24.3 Å². The molecule has 29 heavy (non-hydrogen) atoms. The van der Waals surface area contributed by atoms with E-state index in [0.717, 1.165) is 12.8 Å². The first kappa shape index (κ1) is 20.0.